The van der Waals surface area contributed by atoms with Gasteiger partial charge in [-0.3, -0.25) is 19.6 Å². The molecule has 1 N–H and O–H groups in total. The summed E-state index contributed by atoms with van der Waals surface area (Å²) in [6, 6.07) is 8.30. The van der Waals surface area contributed by atoms with Crippen LogP contribution in [-0.2, 0) is 21.2 Å². The summed E-state index contributed by atoms with van der Waals surface area (Å²) in [5.41, 5.74) is 1.25. The van der Waals surface area contributed by atoms with Crippen LogP contribution in [0.2, 0.25) is 0 Å². The quantitative estimate of drug-likeness (QED) is 0.570. The maximum Gasteiger partial charge on any atom is 0.271 e. The molecule has 0 saturated heterocycles. The van der Waals surface area contributed by atoms with Gasteiger partial charge in [0, 0.05) is 30.3 Å². The van der Waals surface area contributed by atoms with Gasteiger partial charge in [-0.25, -0.2) is 8.42 Å². The largest absolute Gasteiger partial charge is 0.495 e. The number of nitrogens with zero attached hydrogens (tertiary/aromatic N) is 2. The summed E-state index contributed by atoms with van der Waals surface area (Å²) in [6.45, 7) is 0.542. The van der Waals surface area contributed by atoms with Crippen LogP contribution in [0.1, 0.15) is 18.4 Å². The summed E-state index contributed by atoms with van der Waals surface area (Å²) < 4.78 is 33.2. The zero-order valence-corrected chi connectivity index (χ0v) is 16.4. The Morgan fingerprint density at radius 1 is 1.24 bits per heavy atom. The molecule has 2 aromatic carbocycles. The fourth-order valence-electron chi connectivity index (χ4n) is 3.42. The number of amides is 1. The van der Waals surface area contributed by atoms with E-state index >= 15 is 0 Å². The van der Waals surface area contributed by atoms with Gasteiger partial charge in [0.2, 0.25) is 5.91 Å². The normalized spacial score (nSPS) is 15.7. The average Bonchev–Trinajstić information content (AvgIpc) is 3.46. The monoisotopic (exact) mass is 417 g/mol. The van der Waals surface area contributed by atoms with Gasteiger partial charge < -0.3 is 9.64 Å². The van der Waals surface area contributed by atoms with E-state index in [2.05, 4.69) is 4.72 Å². The van der Waals surface area contributed by atoms with Crippen molar-refractivity contribution in [3.63, 3.8) is 0 Å². The lowest BCUT2D eigenvalue weighted by molar-refractivity contribution is -0.384. The van der Waals surface area contributed by atoms with Crippen molar-refractivity contribution in [1.82, 2.24) is 0 Å². The number of hydrogen-bond acceptors (Lipinski definition) is 6. The molecule has 2 aliphatic rings. The van der Waals surface area contributed by atoms with Gasteiger partial charge in [0.1, 0.15) is 5.75 Å². The van der Waals surface area contributed by atoms with Crippen molar-refractivity contribution < 1.29 is 22.9 Å². The molecule has 0 aromatic heterocycles. The number of nitro benzene ring substituents is 1. The highest BCUT2D eigenvalue weighted by molar-refractivity contribution is 7.92. The van der Waals surface area contributed by atoms with Crippen LogP contribution < -0.4 is 14.4 Å². The number of benzene rings is 2. The first kappa shape index (κ1) is 19.2. The van der Waals surface area contributed by atoms with Crippen LogP contribution in [0.25, 0.3) is 0 Å². The first-order chi connectivity index (χ1) is 13.8. The summed E-state index contributed by atoms with van der Waals surface area (Å²) in [5.74, 6) is 0.354. The maximum absolute atomic E-state index is 12.9. The molecule has 0 atom stereocenters. The van der Waals surface area contributed by atoms with Crippen molar-refractivity contribution in [2.75, 3.05) is 23.3 Å². The number of anilines is 2. The zero-order valence-electron chi connectivity index (χ0n) is 15.6. The first-order valence-electron chi connectivity index (χ1n) is 9.10. The van der Waals surface area contributed by atoms with E-state index in [0.29, 0.717) is 13.0 Å². The van der Waals surface area contributed by atoms with E-state index < -0.39 is 14.9 Å². The fourth-order valence-corrected chi connectivity index (χ4v) is 4.53. The second-order valence-corrected chi connectivity index (χ2v) is 8.73. The predicted molar refractivity (Wildman–Crippen MR) is 106 cm³/mol. The number of fused-ring (bicyclic) bond motifs is 1. The third kappa shape index (κ3) is 3.63. The second-order valence-electron chi connectivity index (χ2n) is 7.05. The van der Waals surface area contributed by atoms with Crippen LogP contribution >= 0.6 is 0 Å². The zero-order chi connectivity index (χ0) is 20.8. The number of hydrogen-bond donors (Lipinski definition) is 1. The minimum Gasteiger partial charge on any atom is -0.495 e. The molecule has 1 aliphatic heterocycles. The van der Waals surface area contributed by atoms with E-state index in [0.717, 1.165) is 30.2 Å². The van der Waals surface area contributed by atoms with Crippen LogP contribution in [0.4, 0.5) is 17.1 Å². The smallest absolute Gasteiger partial charge is 0.271 e. The molecule has 1 heterocycles. The minimum atomic E-state index is -4.01. The molecule has 10 heteroatoms. The Balaban J connectivity index is 1.63. The molecule has 1 saturated carbocycles. The Morgan fingerprint density at radius 3 is 2.66 bits per heavy atom. The van der Waals surface area contributed by atoms with Gasteiger partial charge >= 0.3 is 0 Å². The summed E-state index contributed by atoms with van der Waals surface area (Å²) >= 11 is 0. The molecule has 1 aliphatic carbocycles. The van der Waals surface area contributed by atoms with E-state index in [1.54, 1.807) is 17.0 Å². The topological polar surface area (TPSA) is 119 Å². The SMILES string of the molecule is COc1ccc([N+](=O)[O-])cc1NS(=O)(=O)c1ccc2c(c1)CCN2C(=O)C1CC1. The number of non-ortho nitro benzene ring substituents is 1. The van der Waals surface area contributed by atoms with Crippen molar-refractivity contribution in [3.05, 3.63) is 52.1 Å². The van der Waals surface area contributed by atoms with Crippen molar-refractivity contribution in [1.29, 1.82) is 0 Å². The van der Waals surface area contributed by atoms with Crippen LogP contribution in [0.15, 0.2) is 41.3 Å². The molecule has 0 unspecified atom stereocenters. The van der Waals surface area contributed by atoms with Crippen LogP contribution in [0.5, 0.6) is 5.75 Å². The Morgan fingerprint density at radius 2 is 2.00 bits per heavy atom. The number of carbonyl (C=O) groups is 1. The second kappa shape index (κ2) is 7.03. The van der Waals surface area contributed by atoms with Crippen molar-refractivity contribution in [3.8, 4) is 5.75 Å². The number of rotatable bonds is 6. The van der Waals surface area contributed by atoms with Crippen molar-refractivity contribution >= 4 is 33.0 Å². The summed E-state index contributed by atoms with van der Waals surface area (Å²) in [7, 11) is -2.66. The molecule has 2 aromatic rings. The molecule has 9 nitrogen and oxygen atoms in total. The molecule has 0 bridgehead atoms. The molecule has 152 valence electrons. The van der Waals surface area contributed by atoms with Gasteiger partial charge in [-0.2, -0.15) is 0 Å². The maximum atomic E-state index is 12.9. The van der Waals surface area contributed by atoms with E-state index in [1.807, 2.05) is 0 Å². The van der Waals surface area contributed by atoms with Gasteiger partial charge in [0.25, 0.3) is 15.7 Å². The minimum absolute atomic E-state index is 0.0190. The van der Waals surface area contributed by atoms with E-state index in [-0.39, 0.29) is 33.8 Å². The molecule has 0 radical (unpaired) electrons. The van der Waals surface area contributed by atoms with Crippen LogP contribution in [0, 0.1) is 16.0 Å². The van der Waals surface area contributed by atoms with E-state index in [1.165, 1.54) is 25.3 Å². The van der Waals surface area contributed by atoms with Crippen LogP contribution in [0.3, 0.4) is 0 Å². The highest BCUT2D eigenvalue weighted by atomic mass is 32.2. The van der Waals surface area contributed by atoms with Crippen molar-refractivity contribution in [2.24, 2.45) is 5.92 Å². The molecule has 29 heavy (non-hydrogen) atoms. The Hall–Kier alpha value is -3.14. The standard InChI is InChI=1S/C19H19N3O6S/c1-28-18-7-4-14(22(24)25)11-16(18)20-29(26,27)15-5-6-17-13(10-15)8-9-21(17)19(23)12-2-3-12/h4-7,10-12,20H,2-3,8-9H2,1H3. The number of carbonyl (C=O) groups excluding carboxylic acids is 1. The average molecular weight is 417 g/mol. The highest BCUT2D eigenvalue weighted by Gasteiger charge is 2.36. The van der Waals surface area contributed by atoms with Crippen LogP contribution in [-0.4, -0.2) is 32.9 Å². The fraction of sp³-hybridized carbons (Fsp3) is 0.316. The molecule has 0 spiro atoms. The van der Waals surface area contributed by atoms with Gasteiger partial charge in [0.05, 0.1) is 22.6 Å². The number of ether oxygens (including phenoxy) is 1. The number of nitro groups is 1. The lowest BCUT2D eigenvalue weighted by atomic mass is 10.2. The van der Waals surface area contributed by atoms with Gasteiger partial charge in [-0.05, 0) is 49.1 Å². The third-order valence-electron chi connectivity index (χ3n) is 5.09. The first-order valence-corrected chi connectivity index (χ1v) is 10.6. The summed E-state index contributed by atoms with van der Waals surface area (Å²) in [4.78, 5) is 24.5. The Bertz CT molecular complexity index is 1110. The van der Waals surface area contributed by atoms with Gasteiger partial charge in [-0.1, -0.05) is 0 Å². The number of nitrogens with one attached hydrogen (secondary N) is 1. The molecule has 1 fully saturated rings. The molecule has 1 amide bonds. The lowest BCUT2D eigenvalue weighted by Crippen LogP contribution is -2.30. The molecular weight excluding hydrogens is 398 g/mol. The Labute approximate surface area is 167 Å². The Kier molecular flexibility index (Phi) is 4.65. The summed E-state index contributed by atoms with van der Waals surface area (Å²) in [5, 5.41) is 11.0. The predicted octanol–water partition coefficient (Wildman–Crippen LogP) is 2.70. The highest BCUT2D eigenvalue weighted by Crippen LogP contribution is 2.37. The summed E-state index contributed by atoms with van der Waals surface area (Å²) in [6.07, 6.45) is 2.40. The van der Waals surface area contributed by atoms with Crippen molar-refractivity contribution in [2.45, 2.75) is 24.2 Å². The van der Waals surface area contributed by atoms with E-state index in [4.69, 9.17) is 4.74 Å². The van der Waals surface area contributed by atoms with Gasteiger partial charge in [-0.15, -0.1) is 0 Å². The van der Waals surface area contributed by atoms with E-state index in [9.17, 15) is 23.3 Å². The third-order valence-corrected chi connectivity index (χ3v) is 6.45. The number of methoxy groups -OCH3 is 1. The molecule has 4 rings (SSSR count). The lowest BCUT2D eigenvalue weighted by Gasteiger charge is -2.17. The van der Waals surface area contributed by atoms with Gasteiger partial charge in [0.15, 0.2) is 0 Å². The number of sulfonamides is 1. The molecular formula is C19H19N3O6S.